The smallest absolute Gasteiger partial charge is 0.294 e. The molecule has 6 N–H and O–H groups in total. The van der Waals surface area contributed by atoms with Crippen LogP contribution in [0.3, 0.4) is 0 Å². The Bertz CT molecular complexity index is 1250. The Kier molecular flexibility index (Phi) is 5.37. The van der Waals surface area contributed by atoms with Crippen molar-refractivity contribution in [3.8, 4) is 5.75 Å². The maximum Gasteiger partial charge on any atom is 0.294 e. The molecule has 186 valence electrons. The number of nitrogens with two attached hydrogens (primary N) is 1. The molecule has 0 aromatic heterocycles. The minimum absolute atomic E-state index is 0.129. The van der Waals surface area contributed by atoms with Crippen LogP contribution in [0.5, 0.6) is 5.75 Å². The highest BCUT2D eigenvalue weighted by molar-refractivity contribution is 6.24. The van der Waals surface area contributed by atoms with Crippen LogP contribution in [-0.4, -0.2) is 79.7 Å². The first-order chi connectivity index (χ1) is 16.3. The fourth-order valence-corrected chi connectivity index (χ4v) is 5.77. The molecule has 0 spiro atoms. The second kappa shape index (κ2) is 7.78. The van der Waals surface area contributed by atoms with Gasteiger partial charge in [-0.2, -0.15) is 0 Å². The summed E-state index contributed by atoms with van der Waals surface area (Å²) in [5, 5.41) is 54.4. The number of Topliss-reactive ketones (excluding diaryl/α,β-unsaturated/α-hetero) is 2. The number of primary amides is 1. The van der Waals surface area contributed by atoms with Crippen LogP contribution < -0.4 is 5.73 Å². The number of amides is 1. The van der Waals surface area contributed by atoms with Crippen molar-refractivity contribution in [2.24, 2.45) is 17.6 Å². The average molecular weight is 489 g/mol. The highest BCUT2D eigenvalue weighted by Crippen LogP contribution is 2.56. The predicted octanol–water partition coefficient (Wildman–Crippen LogP) is -0.288. The van der Waals surface area contributed by atoms with Gasteiger partial charge in [0.15, 0.2) is 11.4 Å². The van der Waals surface area contributed by atoms with Crippen LogP contribution in [0, 0.1) is 22.0 Å². The number of phenolic OH excluding ortho intramolecular Hbond substituents is 1. The number of ketones is 2. The maximum absolute atomic E-state index is 13.8. The SMILES string of the molecule is C[C@H]1c2cccc(O)c2C(O)=C2C(=O)[C@]3(O)C(O)=C(C(N)=O)C(=O)[C@@H](N(C)C)[C@@H]3[C@@H](O[N+](=O)[O-])[C@@H]21. The van der Waals surface area contributed by atoms with E-state index in [9.17, 15) is 44.9 Å². The number of carbonyl (C=O) groups is 3. The molecule has 13 heteroatoms. The Morgan fingerprint density at radius 3 is 2.40 bits per heavy atom. The average Bonchev–Trinajstić information content (AvgIpc) is 2.75. The zero-order valence-corrected chi connectivity index (χ0v) is 18.8. The lowest BCUT2D eigenvalue weighted by atomic mass is 9.54. The molecule has 35 heavy (non-hydrogen) atoms. The molecule has 0 radical (unpaired) electrons. The molecule has 0 saturated heterocycles. The van der Waals surface area contributed by atoms with Crippen molar-refractivity contribution < 1.29 is 44.7 Å². The van der Waals surface area contributed by atoms with Crippen molar-refractivity contribution >= 4 is 23.2 Å². The minimum Gasteiger partial charge on any atom is -0.508 e. The Morgan fingerprint density at radius 2 is 1.86 bits per heavy atom. The minimum atomic E-state index is -3.09. The number of carbonyl (C=O) groups excluding carboxylic acids is 3. The number of phenols is 1. The van der Waals surface area contributed by atoms with Gasteiger partial charge in [0.05, 0.1) is 17.5 Å². The van der Waals surface area contributed by atoms with Crippen molar-refractivity contribution in [3.63, 3.8) is 0 Å². The fraction of sp³-hybridized carbons (Fsp3) is 0.409. The maximum atomic E-state index is 13.8. The van der Waals surface area contributed by atoms with E-state index in [1.807, 2.05) is 0 Å². The molecule has 4 rings (SSSR count). The summed E-state index contributed by atoms with van der Waals surface area (Å²) < 4.78 is 0. The normalized spacial score (nSPS) is 32.2. The molecular formula is C22H23N3O10. The summed E-state index contributed by atoms with van der Waals surface area (Å²) >= 11 is 0. The Balaban J connectivity index is 2.12. The molecule has 3 aliphatic rings. The summed E-state index contributed by atoms with van der Waals surface area (Å²) in [5.74, 6) is -10.2. The van der Waals surface area contributed by atoms with Crippen molar-refractivity contribution in [2.45, 2.75) is 30.6 Å². The number of rotatable bonds is 4. The first kappa shape index (κ1) is 24.2. The number of likely N-dealkylation sites (N-methyl/N-ethyl adjacent to an activating group) is 1. The van der Waals surface area contributed by atoms with Gasteiger partial charge in [-0.05, 0) is 31.6 Å². The zero-order valence-electron chi connectivity index (χ0n) is 18.8. The molecule has 0 aliphatic heterocycles. The van der Waals surface area contributed by atoms with Crippen molar-refractivity contribution in [1.29, 1.82) is 0 Å². The van der Waals surface area contributed by atoms with E-state index in [2.05, 4.69) is 0 Å². The van der Waals surface area contributed by atoms with Gasteiger partial charge in [-0.1, -0.05) is 19.1 Å². The third-order valence-electron chi connectivity index (χ3n) is 7.17. The van der Waals surface area contributed by atoms with Gasteiger partial charge in [0, 0.05) is 11.5 Å². The second-order valence-corrected chi connectivity index (χ2v) is 9.09. The van der Waals surface area contributed by atoms with Crippen molar-refractivity contribution in [2.75, 3.05) is 14.1 Å². The van der Waals surface area contributed by atoms with E-state index in [1.165, 1.54) is 31.1 Å². The molecular weight excluding hydrogens is 466 g/mol. The molecule has 1 aromatic carbocycles. The zero-order chi connectivity index (χ0) is 26.1. The first-order valence-corrected chi connectivity index (χ1v) is 10.5. The van der Waals surface area contributed by atoms with E-state index in [1.54, 1.807) is 13.0 Å². The molecule has 0 unspecified atom stereocenters. The summed E-state index contributed by atoms with van der Waals surface area (Å²) in [7, 11) is 2.75. The van der Waals surface area contributed by atoms with Crippen LogP contribution in [0.1, 0.15) is 24.0 Å². The summed E-state index contributed by atoms with van der Waals surface area (Å²) in [6, 6.07) is 2.73. The number of aliphatic hydroxyl groups is 3. The van der Waals surface area contributed by atoms with Gasteiger partial charge >= 0.3 is 0 Å². The van der Waals surface area contributed by atoms with Gasteiger partial charge in [0.25, 0.3) is 11.0 Å². The van der Waals surface area contributed by atoms with Gasteiger partial charge in [-0.15, -0.1) is 10.1 Å². The number of nitrogens with zero attached hydrogens (tertiary/aromatic N) is 2. The largest absolute Gasteiger partial charge is 0.508 e. The number of hydrogen-bond donors (Lipinski definition) is 5. The predicted molar refractivity (Wildman–Crippen MR) is 116 cm³/mol. The Hall–Kier alpha value is -3.97. The lowest BCUT2D eigenvalue weighted by molar-refractivity contribution is -0.773. The standard InChI is InChI=1S/C22H23N3O10/c1-7-8-5-4-6-9(26)11(8)16(27)12-10(7)18(35-25(33)34)14-15(24(2)3)17(28)13(21(23)31)20(30)22(14,32)19(12)29/h4-7,10,14-15,18,26-27,30,32H,1-3H3,(H2,23,31)/t7-,10+,14+,15-,18-,22-/m0/s1. The van der Waals surface area contributed by atoms with Crippen LogP contribution in [0.15, 0.2) is 35.1 Å². The highest BCUT2D eigenvalue weighted by atomic mass is 17.0. The quantitative estimate of drug-likeness (QED) is 0.210. The molecule has 6 atom stereocenters. The van der Waals surface area contributed by atoms with E-state index < -0.39 is 86.5 Å². The van der Waals surface area contributed by atoms with Gasteiger partial charge in [0.2, 0.25) is 5.78 Å². The van der Waals surface area contributed by atoms with E-state index >= 15 is 0 Å². The number of fused-ring (bicyclic) bond motifs is 3. The molecule has 0 bridgehead atoms. The van der Waals surface area contributed by atoms with Gasteiger partial charge < -0.3 is 31.0 Å². The number of hydrogen-bond acceptors (Lipinski definition) is 11. The van der Waals surface area contributed by atoms with Gasteiger partial charge in [0.1, 0.15) is 28.9 Å². The monoisotopic (exact) mass is 489 g/mol. The summed E-state index contributed by atoms with van der Waals surface area (Å²) in [6.07, 6.45) is -1.75. The van der Waals surface area contributed by atoms with E-state index in [4.69, 9.17) is 10.6 Å². The van der Waals surface area contributed by atoms with Crippen molar-refractivity contribution in [3.05, 3.63) is 56.3 Å². The lowest BCUT2D eigenvalue weighted by Crippen LogP contribution is -2.71. The molecule has 1 saturated carbocycles. The molecule has 0 heterocycles. The Morgan fingerprint density at radius 1 is 1.23 bits per heavy atom. The summed E-state index contributed by atoms with van der Waals surface area (Å²) in [4.78, 5) is 56.8. The van der Waals surface area contributed by atoms with Gasteiger partial charge in [-0.3, -0.25) is 19.3 Å². The number of benzene rings is 1. The van der Waals surface area contributed by atoms with Crippen LogP contribution in [0.25, 0.3) is 5.76 Å². The number of aromatic hydroxyl groups is 1. The molecule has 3 aliphatic carbocycles. The van der Waals surface area contributed by atoms with Crippen molar-refractivity contribution in [1.82, 2.24) is 4.90 Å². The van der Waals surface area contributed by atoms with E-state index in [0.717, 1.165) is 0 Å². The van der Waals surface area contributed by atoms with Crippen LogP contribution in [0.4, 0.5) is 0 Å². The highest BCUT2D eigenvalue weighted by Gasteiger charge is 2.69. The summed E-state index contributed by atoms with van der Waals surface area (Å²) in [5.41, 5.74) is 0.791. The summed E-state index contributed by atoms with van der Waals surface area (Å²) in [6.45, 7) is 1.57. The molecule has 1 fully saturated rings. The van der Waals surface area contributed by atoms with E-state index in [-0.39, 0.29) is 5.56 Å². The number of aliphatic hydroxyl groups excluding tert-OH is 2. The fourth-order valence-electron chi connectivity index (χ4n) is 5.77. The third kappa shape index (κ3) is 3.04. The van der Waals surface area contributed by atoms with Crippen LogP contribution >= 0.6 is 0 Å². The lowest BCUT2D eigenvalue weighted by Gasteiger charge is -2.54. The van der Waals surface area contributed by atoms with Crippen LogP contribution in [0.2, 0.25) is 0 Å². The van der Waals surface area contributed by atoms with Gasteiger partial charge in [-0.25, -0.2) is 0 Å². The van der Waals surface area contributed by atoms with Crippen LogP contribution in [-0.2, 0) is 19.2 Å². The van der Waals surface area contributed by atoms with E-state index in [0.29, 0.717) is 5.56 Å². The Labute approximate surface area is 197 Å². The molecule has 1 amide bonds. The topological polar surface area (TPSA) is 214 Å². The molecule has 13 nitrogen and oxygen atoms in total. The second-order valence-electron chi connectivity index (χ2n) is 9.09. The molecule has 1 aromatic rings. The third-order valence-corrected chi connectivity index (χ3v) is 7.17. The first-order valence-electron chi connectivity index (χ1n) is 10.5.